The van der Waals surface area contributed by atoms with Gasteiger partial charge in [0.25, 0.3) is 0 Å². The predicted molar refractivity (Wildman–Crippen MR) is 82.2 cm³/mol. The van der Waals surface area contributed by atoms with Crippen LogP contribution in [-0.4, -0.2) is 45.0 Å². The van der Waals surface area contributed by atoms with Crippen LogP contribution in [0.3, 0.4) is 0 Å². The minimum Gasteiger partial charge on any atom is -0.489 e. The Kier molecular flexibility index (Phi) is 8.04. The molecule has 6 heteroatoms. The van der Waals surface area contributed by atoms with Crippen LogP contribution in [0.4, 0.5) is 0 Å². The molecule has 0 N–H and O–H groups in total. The Labute approximate surface area is 129 Å². The smallest absolute Gasteiger partial charge is 0.330 e. The summed E-state index contributed by atoms with van der Waals surface area (Å²) in [6.45, 7) is 2.26. The molecule has 0 saturated carbocycles. The lowest BCUT2D eigenvalue weighted by Crippen LogP contribution is -2.07. The highest BCUT2D eigenvalue weighted by Crippen LogP contribution is 2.15. The molecular weight excluding hydrogens is 286 g/mol. The summed E-state index contributed by atoms with van der Waals surface area (Å²) in [5.74, 6) is -0.212. The van der Waals surface area contributed by atoms with Crippen LogP contribution in [0.15, 0.2) is 41.4 Å². The molecule has 1 rings (SSSR count). The van der Waals surface area contributed by atoms with Crippen LogP contribution in [0.1, 0.15) is 12.5 Å². The van der Waals surface area contributed by atoms with Gasteiger partial charge in [-0.3, -0.25) is 9.79 Å². The third-order valence-electron chi connectivity index (χ3n) is 2.47. The fourth-order valence-electron chi connectivity index (χ4n) is 1.49. The molecule has 0 atom stereocenters. The average Bonchev–Trinajstić information content (AvgIpc) is 2.52. The quantitative estimate of drug-likeness (QED) is 0.416. The number of nitrogens with zero attached hydrogens (tertiary/aromatic N) is 1. The Morgan fingerprint density at radius 3 is 2.77 bits per heavy atom. The van der Waals surface area contributed by atoms with Gasteiger partial charge in [-0.25, -0.2) is 4.79 Å². The highest BCUT2D eigenvalue weighted by atomic mass is 16.5. The predicted octanol–water partition coefficient (Wildman–Crippen LogP) is 1.78. The average molecular weight is 305 g/mol. The summed E-state index contributed by atoms with van der Waals surface area (Å²) in [6.07, 6.45) is 4.39. The van der Waals surface area contributed by atoms with Crippen molar-refractivity contribution in [3.8, 4) is 5.75 Å². The number of hydrogen-bond acceptors (Lipinski definition) is 6. The number of ether oxygens (including phenoxy) is 3. The van der Waals surface area contributed by atoms with Crippen LogP contribution in [0.5, 0.6) is 5.75 Å². The van der Waals surface area contributed by atoms with E-state index in [0.29, 0.717) is 12.4 Å². The molecule has 0 aromatic heterocycles. The van der Waals surface area contributed by atoms with E-state index in [-0.39, 0.29) is 19.1 Å². The normalized spacial score (nSPS) is 10.8. The standard InChI is InChI=1S/C16H19NO5/c1-3-21-16(19)12-17-11-13-7-4-5-8-14(13)22-10-6-9-15(18)20-2/h4-9,11H,3,10,12H2,1-2H3/b9-6+,17-11?. The highest BCUT2D eigenvalue weighted by Gasteiger charge is 2.01. The summed E-state index contributed by atoms with van der Waals surface area (Å²) in [4.78, 5) is 26.1. The highest BCUT2D eigenvalue weighted by molar-refractivity contribution is 5.85. The lowest BCUT2D eigenvalue weighted by molar-refractivity contribution is -0.141. The first-order valence-electron chi connectivity index (χ1n) is 6.79. The van der Waals surface area contributed by atoms with Crippen molar-refractivity contribution in [2.75, 3.05) is 26.9 Å². The van der Waals surface area contributed by atoms with Crippen molar-refractivity contribution < 1.29 is 23.8 Å². The van der Waals surface area contributed by atoms with E-state index < -0.39 is 5.97 Å². The fraction of sp³-hybridized carbons (Fsp3) is 0.312. The van der Waals surface area contributed by atoms with Crippen molar-refractivity contribution in [3.63, 3.8) is 0 Å². The van der Waals surface area contributed by atoms with Crippen LogP contribution in [0.25, 0.3) is 0 Å². The number of methoxy groups -OCH3 is 1. The van der Waals surface area contributed by atoms with Gasteiger partial charge < -0.3 is 14.2 Å². The Morgan fingerprint density at radius 2 is 2.05 bits per heavy atom. The van der Waals surface area contributed by atoms with Gasteiger partial charge >= 0.3 is 11.9 Å². The molecule has 0 radical (unpaired) electrons. The number of benzene rings is 1. The summed E-state index contributed by atoms with van der Waals surface area (Å²) in [6, 6.07) is 7.25. The summed E-state index contributed by atoms with van der Waals surface area (Å²) < 4.78 is 14.8. The molecule has 0 amide bonds. The van der Waals surface area contributed by atoms with Gasteiger partial charge in [0, 0.05) is 17.9 Å². The maximum absolute atomic E-state index is 11.2. The number of hydrogen-bond donors (Lipinski definition) is 0. The lowest BCUT2D eigenvalue weighted by atomic mass is 10.2. The van der Waals surface area contributed by atoms with E-state index in [1.807, 2.05) is 18.2 Å². The van der Waals surface area contributed by atoms with Crippen molar-refractivity contribution in [2.45, 2.75) is 6.92 Å². The fourth-order valence-corrected chi connectivity index (χ4v) is 1.49. The lowest BCUT2D eigenvalue weighted by Gasteiger charge is -2.06. The van der Waals surface area contributed by atoms with E-state index in [4.69, 9.17) is 9.47 Å². The molecule has 0 bridgehead atoms. The number of carbonyl (C=O) groups excluding carboxylic acids is 2. The second kappa shape index (κ2) is 10.1. The SMILES string of the molecule is CCOC(=O)CN=Cc1ccccc1OC/C=C/C(=O)OC. The number of esters is 2. The molecule has 6 nitrogen and oxygen atoms in total. The van der Waals surface area contributed by atoms with Gasteiger partial charge in [-0.2, -0.15) is 0 Å². The van der Waals surface area contributed by atoms with Crippen molar-refractivity contribution in [3.05, 3.63) is 42.0 Å². The first kappa shape index (κ1) is 17.4. The van der Waals surface area contributed by atoms with Crippen LogP contribution >= 0.6 is 0 Å². The van der Waals surface area contributed by atoms with E-state index >= 15 is 0 Å². The second-order valence-corrected chi connectivity index (χ2v) is 4.05. The van der Waals surface area contributed by atoms with E-state index in [2.05, 4.69) is 9.73 Å². The molecule has 118 valence electrons. The molecule has 0 fully saturated rings. The van der Waals surface area contributed by atoms with Crippen molar-refractivity contribution in [1.82, 2.24) is 0 Å². The Bertz CT molecular complexity index is 551. The third kappa shape index (κ3) is 6.69. The maximum atomic E-state index is 11.2. The van der Waals surface area contributed by atoms with E-state index in [9.17, 15) is 9.59 Å². The third-order valence-corrected chi connectivity index (χ3v) is 2.47. The number of para-hydroxylation sites is 1. The minimum absolute atomic E-state index is 0.0373. The van der Waals surface area contributed by atoms with Crippen LogP contribution in [-0.2, 0) is 19.1 Å². The summed E-state index contributed by atoms with van der Waals surface area (Å²) in [5, 5.41) is 0. The van der Waals surface area contributed by atoms with E-state index in [1.165, 1.54) is 13.2 Å². The first-order valence-corrected chi connectivity index (χ1v) is 6.79. The van der Waals surface area contributed by atoms with Gasteiger partial charge in [0.1, 0.15) is 18.9 Å². The summed E-state index contributed by atoms with van der Waals surface area (Å²) in [5.41, 5.74) is 0.735. The van der Waals surface area contributed by atoms with Crippen LogP contribution < -0.4 is 4.74 Å². The van der Waals surface area contributed by atoms with Gasteiger partial charge in [-0.15, -0.1) is 0 Å². The molecule has 0 heterocycles. The molecule has 0 aliphatic carbocycles. The Balaban J connectivity index is 2.58. The van der Waals surface area contributed by atoms with Crippen molar-refractivity contribution in [2.24, 2.45) is 4.99 Å². The van der Waals surface area contributed by atoms with Gasteiger partial charge in [0.2, 0.25) is 0 Å². The van der Waals surface area contributed by atoms with Crippen LogP contribution in [0, 0.1) is 0 Å². The van der Waals surface area contributed by atoms with Gasteiger partial charge in [-0.05, 0) is 25.1 Å². The van der Waals surface area contributed by atoms with E-state index in [0.717, 1.165) is 5.56 Å². The minimum atomic E-state index is -0.437. The van der Waals surface area contributed by atoms with E-state index in [1.54, 1.807) is 25.3 Å². The van der Waals surface area contributed by atoms with Crippen molar-refractivity contribution >= 4 is 18.2 Å². The molecular formula is C16H19NO5. The molecule has 0 aliphatic rings. The molecule has 1 aromatic rings. The Hall–Kier alpha value is -2.63. The zero-order chi connectivity index (χ0) is 16.2. The number of rotatable bonds is 8. The maximum Gasteiger partial charge on any atom is 0.330 e. The van der Waals surface area contributed by atoms with Gasteiger partial charge in [0.05, 0.1) is 13.7 Å². The molecule has 0 spiro atoms. The Morgan fingerprint density at radius 1 is 1.27 bits per heavy atom. The molecule has 0 aliphatic heterocycles. The topological polar surface area (TPSA) is 74.2 Å². The van der Waals surface area contributed by atoms with Gasteiger partial charge in [0.15, 0.2) is 0 Å². The summed E-state index contributed by atoms with van der Waals surface area (Å²) >= 11 is 0. The first-order chi connectivity index (χ1) is 10.7. The summed E-state index contributed by atoms with van der Waals surface area (Å²) in [7, 11) is 1.31. The second-order valence-electron chi connectivity index (χ2n) is 4.05. The van der Waals surface area contributed by atoms with Crippen molar-refractivity contribution in [1.29, 1.82) is 0 Å². The molecule has 1 aromatic carbocycles. The number of carbonyl (C=O) groups is 2. The van der Waals surface area contributed by atoms with Crippen LogP contribution in [0.2, 0.25) is 0 Å². The molecule has 0 unspecified atom stereocenters. The van der Waals surface area contributed by atoms with Gasteiger partial charge in [-0.1, -0.05) is 12.1 Å². The molecule has 0 saturated heterocycles. The molecule has 22 heavy (non-hydrogen) atoms. The monoisotopic (exact) mass is 305 g/mol. The zero-order valence-corrected chi connectivity index (χ0v) is 12.7. The number of aliphatic imine (C=N–C) groups is 1. The zero-order valence-electron chi connectivity index (χ0n) is 12.7. The largest absolute Gasteiger partial charge is 0.489 e.